The molecular weight excluding hydrogens is 401 g/mol. The molecule has 24 heavy (non-hydrogen) atoms. The summed E-state index contributed by atoms with van der Waals surface area (Å²) in [7, 11) is -3.14. The number of halogens is 2. The Kier molecular flexibility index (Phi) is 4.78. The van der Waals surface area contributed by atoms with Gasteiger partial charge in [0.25, 0.3) is 5.91 Å². The summed E-state index contributed by atoms with van der Waals surface area (Å²) in [6.45, 7) is 0.155. The Morgan fingerprint density at radius 3 is 2.50 bits per heavy atom. The van der Waals surface area contributed by atoms with Crippen LogP contribution in [0.4, 0.5) is 4.39 Å². The smallest absolute Gasteiger partial charge is 0.254 e. The summed E-state index contributed by atoms with van der Waals surface area (Å²) < 4.78 is 42.6. The topological polar surface area (TPSA) is 67.6 Å². The van der Waals surface area contributed by atoms with E-state index < -0.39 is 21.7 Å². The molecule has 8 heteroatoms. The summed E-state index contributed by atoms with van der Waals surface area (Å²) in [5, 5.41) is 0. The van der Waals surface area contributed by atoms with Gasteiger partial charge in [0.05, 0.1) is 18.1 Å². The van der Waals surface area contributed by atoms with Crippen molar-refractivity contribution >= 4 is 31.7 Å². The van der Waals surface area contributed by atoms with Crippen LogP contribution in [0.15, 0.2) is 45.5 Å². The van der Waals surface area contributed by atoms with Gasteiger partial charge in [0.15, 0.2) is 14.5 Å². The van der Waals surface area contributed by atoms with Gasteiger partial charge in [0.1, 0.15) is 11.6 Å². The number of sulfone groups is 1. The van der Waals surface area contributed by atoms with E-state index in [0.29, 0.717) is 22.4 Å². The van der Waals surface area contributed by atoms with Gasteiger partial charge in [-0.15, -0.1) is 0 Å². The molecule has 5 nitrogen and oxygen atoms in total. The van der Waals surface area contributed by atoms with E-state index >= 15 is 0 Å². The Balaban J connectivity index is 1.88. The zero-order valence-corrected chi connectivity index (χ0v) is 15.0. The van der Waals surface area contributed by atoms with Gasteiger partial charge in [-0.05, 0) is 58.7 Å². The van der Waals surface area contributed by atoms with Crippen molar-refractivity contribution in [3.63, 3.8) is 0 Å². The fraction of sp³-hybridized carbons (Fsp3) is 0.312. The summed E-state index contributed by atoms with van der Waals surface area (Å²) >= 11 is 3.21. The van der Waals surface area contributed by atoms with E-state index in [1.165, 1.54) is 29.2 Å². The van der Waals surface area contributed by atoms with E-state index in [9.17, 15) is 17.6 Å². The lowest BCUT2D eigenvalue weighted by molar-refractivity contribution is 0.0665. The lowest BCUT2D eigenvalue weighted by Crippen LogP contribution is -2.40. The highest BCUT2D eigenvalue weighted by atomic mass is 79.9. The molecule has 1 aliphatic rings. The van der Waals surface area contributed by atoms with Crippen LogP contribution in [0.2, 0.25) is 0 Å². The maximum Gasteiger partial charge on any atom is 0.254 e. The summed E-state index contributed by atoms with van der Waals surface area (Å²) in [5.41, 5.74) is 0.311. The molecule has 0 N–H and O–H groups in total. The van der Waals surface area contributed by atoms with E-state index in [-0.39, 0.29) is 24.0 Å². The van der Waals surface area contributed by atoms with Gasteiger partial charge >= 0.3 is 0 Å². The number of nitrogens with zero attached hydrogens (tertiary/aromatic N) is 1. The molecule has 0 bridgehead atoms. The minimum absolute atomic E-state index is 0.0622. The van der Waals surface area contributed by atoms with Gasteiger partial charge in [0.2, 0.25) is 0 Å². The SMILES string of the molecule is O=C(c1ccc(F)cc1)N(Cc1ccc(Br)o1)C1CCS(=O)(=O)C1. The van der Waals surface area contributed by atoms with Crippen molar-refractivity contribution in [2.24, 2.45) is 0 Å². The Morgan fingerprint density at radius 2 is 1.96 bits per heavy atom. The molecule has 1 saturated heterocycles. The van der Waals surface area contributed by atoms with E-state index in [4.69, 9.17) is 4.42 Å². The van der Waals surface area contributed by atoms with Crippen molar-refractivity contribution in [2.45, 2.75) is 19.0 Å². The maximum atomic E-state index is 13.1. The molecule has 2 aromatic rings. The highest BCUT2D eigenvalue weighted by Crippen LogP contribution is 2.24. The third-order valence-electron chi connectivity index (χ3n) is 3.96. The molecule has 0 radical (unpaired) electrons. The first-order chi connectivity index (χ1) is 11.3. The van der Waals surface area contributed by atoms with Crippen molar-refractivity contribution in [2.75, 3.05) is 11.5 Å². The van der Waals surface area contributed by atoms with Crippen LogP contribution in [0.1, 0.15) is 22.5 Å². The molecule has 0 spiro atoms. The third kappa shape index (κ3) is 3.87. The summed E-state index contributed by atoms with van der Waals surface area (Å²) in [5.74, 6) is -0.239. The molecule has 1 fully saturated rings. The van der Waals surface area contributed by atoms with Crippen LogP contribution in [-0.4, -0.2) is 36.8 Å². The number of amides is 1. The monoisotopic (exact) mass is 415 g/mol. The molecular formula is C16H15BrFNO4S. The zero-order chi connectivity index (χ0) is 17.3. The number of hydrogen-bond donors (Lipinski definition) is 0. The van der Waals surface area contributed by atoms with E-state index in [1.54, 1.807) is 12.1 Å². The first kappa shape index (κ1) is 17.2. The molecule has 1 atom stereocenters. The molecule has 0 saturated carbocycles. The fourth-order valence-electron chi connectivity index (χ4n) is 2.75. The number of carbonyl (C=O) groups excluding carboxylic acids is 1. The van der Waals surface area contributed by atoms with Gasteiger partial charge < -0.3 is 9.32 Å². The number of carbonyl (C=O) groups is 1. The van der Waals surface area contributed by atoms with Crippen molar-refractivity contribution in [1.29, 1.82) is 0 Å². The average molecular weight is 416 g/mol. The summed E-state index contributed by atoms with van der Waals surface area (Å²) in [6.07, 6.45) is 0.386. The Labute approximate surface area is 147 Å². The van der Waals surface area contributed by atoms with E-state index in [0.717, 1.165) is 0 Å². The van der Waals surface area contributed by atoms with Gasteiger partial charge in [-0.2, -0.15) is 0 Å². The fourth-order valence-corrected chi connectivity index (χ4v) is 4.82. The second-order valence-corrected chi connectivity index (χ2v) is 8.71. The molecule has 1 aliphatic heterocycles. The zero-order valence-electron chi connectivity index (χ0n) is 12.6. The van der Waals surface area contributed by atoms with E-state index in [1.807, 2.05) is 0 Å². The van der Waals surface area contributed by atoms with Gasteiger partial charge in [0, 0.05) is 11.6 Å². The first-order valence-electron chi connectivity index (χ1n) is 7.35. The minimum atomic E-state index is -3.14. The molecule has 3 rings (SSSR count). The van der Waals surface area contributed by atoms with Crippen LogP contribution in [0, 0.1) is 5.82 Å². The standard InChI is InChI=1S/C16H15BrFNO4S/c17-15-6-5-14(23-15)9-19(13-7-8-24(21,22)10-13)16(20)11-1-3-12(18)4-2-11/h1-6,13H,7-10H2. The maximum absolute atomic E-state index is 13.1. The molecule has 1 aromatic heterocycles. The summed E-state index contributed by atoms with van der Waals surface area (Å²) in [6, 6.07) is 8.22. The lowest BCUT2D eigenvalue weighted by atomic mass is 10.1. The van der Waals surface area contributed by atoms with Crippen LogP contribution in [0.5, 0.6) is 0 Å². The molecule has 2 heterocycles. The molecule has 1 amide bonds. The molecule has 128 valence electrons. The van der Waals surface area contributed by atoms with Crippen molar-refractivity contribution in [3.05, 3.63) is 58.2 Å². The van der Waals surface area contributed by atoms with Crippen LogP contribution in [0.25, 0.3) is 0 Å². The Morgan fingerprint density at radius 1 is 1.25 bits per heavy atom. The van der Waals surface area contributed by atoms with Gasteiger partial charge in [-0.1, -0.05) is 0 Å². The number of hydrogen-bond acceptors (Lipinski definition) is 4. The minimum Gasteiger partial charge on any atom is -0.452 e. The third-order valence-corrected chi connectivity index (χ3v) is 6.13. The van der Waals surface area contributed by atoms with E-state index in [2.05, 4.69) is 15.9 Å². The second kappa shape index (κ2) is 6.68. The first-order valence-corrected chi connectivity index (χ1v) is 9.97. The second-order valence-electron chi connectivity index (χ2n) is 5.70. The molecule has 1 aromatic carbocycles. The predicted octanol–water partition coefficient (Wildman–Crippen LogP) is 3.01. The van der Waals surface area contributed by atoms with Gasteiger partial charge in [-0.3, -0.25) is 4.79 Å². The predicted molar refractivity (Wildman–Crippen MR) is 89.7 cm³/mol. The van der Waals surface area contributed by atoms with Crippen LogP contribution in [0.3, 0.4) is 0 Å². The van der Waals surface area contributed by atoms with Crippen LogP contribution < -0.4 is 0 Å². The molecule has 1 unspecified atom stereocenters. The lowest BCUT2D eigenvalue weighted by Gasteiger charge is -2.27. The normalized spacial score (nSPS) is 19.3. The highest BCUT2D eigenvalue weighted by Gasteiger charge is 2.35. The number of rotatable bonds is 4. The quantitative estimate of drug-likeness (QED) is 0.769. The molecule has 0 aliphatic carbocycles. The van der Waals surface area contributed by atoms with Crippen LogP contribution in [-0.2, 0) is 16.4 Å². The van der Waals surface area contributed by atoms with Crippen molar-refractivity contribution in [3.8, 4) is 0 Å². The largest absolute Gasteiger partial charge is 0.452 e. The van der Waals surface area contributed by atoms with Crippen molar-refractivity contribution in [1.82, 2.24) is 4.90 Å². The summed E-state index contributed by atoms with van der Waals surface area (Å²) in [4.78, 5) is 14.3. The number of benzene rings is 1. The Bertz CT molecular complexity index is 847. The Hall–Kier alpha value is -1.67. The van der Waals surface area contributed by atoms with Crippen LogP contribution >= 0.6 is 15.9 Å². The average Bonchev–Trinajstić information content (AvgIpc) is 3.10. The van der Waals surface area contributed by atoms with Crippen molar-refractivity contribution < 1.29 is 22.0 Å². The van der Waals surface area contributed by atoms with Gasteiger partial charge in [-0.25, -0.2) is 12.8 Å². The number of furan rings is 1. The highest BCUT2D eigenvalue weighted by molar-refractivity contribution is 9.10.